The number of aromatic nitrogens is 4. The Hall–Kier alpha value is -4.45. The predicted octanol–water partition coefficient (Wildman–Crippen LogP) is 2.41. The van der Waals surface area contributed by atoms with Crippen molar-refractivity contribution < 1.29 is 23.9 Å². The normalized spacial score (nSPS) is 10.7. The first-order valence-corrected chi connectivity index (χ1v) is 11.2. The number of rotatable bonds is 7. The molecule has 35 heavy (non-hydrogen) atoms. The van der Waals surface area contributed by atoms with E-state index in [2.05, 4.69) is 20.5 Å². The molecule has 178 valence electrons. The molecule has 2 aromatic heterocycles. The SMILES string of the molecule is COC(=O)c1cc(NC(=O)CSc2nc3[nH]ncc3c(=O)n2-c2ccccc2)cc(C(=O)OC)c1. The first-order chi connectivity index (χ1) is 16.9. The molecule has 0 unspecified atom stereocenters. The third kappa shape index (κ3) is 5.06. The molecule has 0 fully saturated rings. The Morgan fingerprint density at radius 2 is 1.69 bits per heavy atom. The second kappa shape index (κ2) is 10.2. The van der Waals surface area contributed by atoms with Gasteiger partial charge in [-0.05, 0) is 30.3 Å². The summed E-state index contributed by atoms with van der Waals surface area (Å²) >= 11 is 1.04. The van der Waals surface area contributed by atoms with Crippen LogP contribution in [0.1, 0.15) is 20.7 Å². The van der Waals surface area contributed by atoms with Crippen LogP contribution in [0.15, 0.2) is 64.7 Å². The third-order valence-corrected chi connectivity index (χ3v) is 5.80. The number of carbonyl (C=O) groups excluding carboxylic acids is 3. The van der Waals surface area contributed by atoms with E-state index in [-0.39, 0.29) is 33.3 Å². The number of para-hydroxylation sites is 1. The van der Waals surface area contributed by atoms with Crippen molar-refractivity contribution in [1.82, 2.24) is 19.7 Å². The maximum atomic E-state index is 13.1. The van der Waals surface area contributed by atoms with E-state index in [4.69, 9.17) is 9.47 Å². The molecule has 4 aromatic rings. The summed E-state index contributed by atoms with van der Waals surface area (Å²) in [5, 5.41) is 9.81. The van der Waals surface area contributed by atoms with Gasteiger partial charge in [-0.1, -0.05) is 30.0 Å². The van der Waals surface area contributed by atoms with E-state index < -0.39 is 17.8 Å². The molecule has 0 spiro atoms. The molecule has 0 aliphatic heterocycles. The Bertz CT molecular complexity index is 1450. The summed E-state index contributed by atoms with van der Waals surface area (Å²) in [6, 6.07) is 13.0. The van der Waals surface area contributed by atoms with E-state index in [0.717, 1.165) is 11.8 Å². The van der Waals surface area contributed by atoms with Crippen molar-refractivity contribution in [3.63, 3.8) is 0 Å². The van der Waals surface area contributed by atoms with Crippen LogP contribution in [-0.2, 0) is 14.3 Å². The van der Waals surface area contributed by atoms with Gasteiger partial charge in [0.2, 0.25) is 5.91 Å². The Labute approximate surface area is 202 Å². The van der Waals surface area contributed by atoms with Gasteiger partial charge < -0.3 is 14.8 Å². The Morgan fingerprint density at radius 1 is 1.03 bits per heavy atom. The minimum atomic E-state index is -0.676. The molecule has 2 N–H and O–H groups in total. The summed E-state index contributed by atoms with van der Waals surface area (Å²) in [5.41, 5.74) is 0.913. The number of ether oxygens (including phenoxy) is 2. The smallest absolute Gasteiger partial charge is 0.337 e. The van der Waals surface area contributed by atoms with E-state index in [1.54, 1.807) is 24.3 Å². The monoisotopic (exact) mass is 493 g/mol. The van der Waals surface area contributed by atoms with E-state index in [1.165, 1.54) is 43.2 Å². The lowest BCUT2D eigenvalue weighted by molar-refractivity contribution is -0.113. The van der Waals surface area contributed by atoms with Gasteiger partial charge in [0.05, 0.1) is 43.0 Å². The average molecular weight is 494 g/mol. The largest absolute Gasteiger partial charge is 0.465 e. The number of nitrogens with one attached hydrogen (secondary N) is 2. The van der Waals surface area contributed by atoms with Crippen LogP contribution in [0.5, 0.6) is 0 Å². The van der Waals surface area contributed by atoms with Gasteiger partial charge in [-0.25, -0.2) is 14.6 Å². The number of hydrogen-bond acceptors (Lipinski definition) is 9. The van der Waals surface area contributed by atoms with Crippen LogP contribution in [-0.4, -0.2) is 57.6 Å². The second-order valence-electron chi connectivity index (χ2n) is 7.12. The molecular formula is C23H19N5O6S. The number of amides is 1. The molecular weight excluding hydrogens is 474 g/mol. The van der Waals surface area contributed by atoms with E-state index >= 15 is 0 Å². The Balaban J connectivity index is 1.60. The molecule has 0 aliphatic rings. The van der Waals surface area contributed by atoms with Crippen molar-refractivity contribution in [1.29, 1.82) is 0 Å². The number of benzene rings is 2. The summed E-state index contributed by atoms with van der Waals surface area (Å²) in [7, 11) is 2.41. The molecule has 11 nitrogen and oxygen atoms in total. The summed E-state index contributed by atoms with van der Waals surface area (Å²) < 4.78 is 10.8. The number of H-pyrrole nitrogens is 1. The van der Waals surface area contributed by atoms with Crippen LogP contribution < -0.4 is 10.9 Å². The fourth-order valence-electron chi connectivity index (χ4n) is 3.27. The summed E-state index contributed by atoms with van der Waals surface area (Å²) in [6.45, 7) is 0. The van der Waals surface area contributed by atoms with Crippen molar-refractivity contribution in [3.8, 4) is 5.69 Å². The van der Waals surface area contributed by atoms with Crippen molar-refractivity contribution in [2.45, 2.75) is 5.16 Å². The fraction of sp³-hybridized carbons (Fsp3) is 0.130. The van der Waals surface area contributed by atoms with Gasteiger partial charge in [-0.15, -0.1) is 0 Å². The predicted molar refractivity (Wildman–Crippen MR) is 128 cm³/mol. The zero-order chi connectivity index (χ0) is 24.9. The van der Waals surface area contributed by atoms with Gasteiger partial charge in [-0.3, -0.25) is 19.3 Å². The lowest BCUT2D eigenvalue weighted by Crippen LogP contribution is -2.22. The number of anilines is 1. The highest BCUT2D eigenvalue weighted by Crippen LogP contribution is 2.22. The van der Waals surface area contributed by atoms with Crippen LogP contribution >= 0.6 is 11.8 Å². The van der Waals surface area contributed by atoms with E-state index in [0.29, 0.717) is 16.7 Å². The number of fused-ring (bicyclic) bond motifs is 1. The number of thioether (sulfide) groups is 1. The lowest BCUT2D eigenvalue weighted by Gasteiger charge is -2.12. The highest BCUT2D eigenvalue weighted by atomic mass is 32.2. The molecule has 0 radical (unpaired) electrons. The summed E-state index contributed by atoms with van der Waals surface area (Å²) in [4.78, 5) is 54.2. The zero-order valence-corrected chi connectivity index (χ0v) is 19.4. The van der Waals surface area contributed by atoms with Gasteiger partial charge in [0.1, 0.15) is 5.39 Å². The maximum absolute atomic E-state index is 13.1. The topological polar surface area (TPSA) is 145 Å². The molecule has 0 saturated carbocycles. The van der Waals surface area contributed by atoms with Crippen LogP contribution in [0.25, 0.3) is 16.7 Å². The third-order valence-electron chi connectivity index (χ3n) is 4.86. The number of aromatic amines is 1. The quantitative estimate of drug-likeness (QED) is 0.225. The molecule has 0 aliphatic carbocycles. The zero-order valence-electron chi connectivity index (χ0n) is 18.6. The van der Waals surface area contributed by atoms with Crippen LogP contribution in [0, 0.1) is 0 Å². The van der Waals surface area contributed by atoms with Crippen LogP contribution in [0.4, 0.5) is 5.69 Å². The molecule has 0 saturated heterocycles. The molecule has 12 heteroatoms. The summed E-state index contributed by atoms with van der Waals surface area (Å²) in [5.74, 6) is -1.92. The minimum absolute atomic E-state index is 0.0719. The summed E-state index contributed by atoms with van der Waals surface area (Å²) in [6.07, 6.45) is 1.40. The first kappa shape index (κ1) is 23.7. The van der Waals surface area contributed by atoms with Gasteiger partial charge in [0.25, 0.3) is 5.56 Å². The van der Waals surface area contributed by atoms with Crippen molar-refractivity contribution >= 4 is 46.3 Å². The highest BCUT2D eigenvalue weighted by Gasteiger charge is 2.18. The number of hydrogen-bond donors (Lipinski definition) is 2. The van der Waals surface area contributed by atoms with Crippen LogP contribution in [0.2, 0.25) is 0 Å². The standard InChI is InChI=1S/C23H19N5O6S/c1-33-21(31)13-8-14(22(32)34-2)10-15(9-13)25-18(29)12-35-23-26-19-17(11-24-27-19)20(30)28(23)16-6-4-3-5-7-16/h3-11H,12H2,1-2H3,(H,24,27)(H,25,29). The Kier molecular flexibility index (Phi) is 6.92. The maximum Gasteiger partial charge on any atom is 0.337 e. The number of nitrogens with zero attached hydrogens (tertiary/aromatic N) is 3. The lowest BCUT2D eigenvalue weighted by atomic mass is 10.1. The van der Waals surface area contributed by atoms with Gasteiger partial charge in [0.15, 0.2) is 10.8 Å². The fourth-order valence-corrected chi connectivity index (χ4v) is 4.08. The van der Waals surface area contributed by atoms with Crippen LogP contribution in [0.3, 0.4) is 0 Å². The molecule has 0 bridgehead atoms. The van der Waals surface area contributed by atoms with E-state index in [1.807, 2.05) is 6.07 Å². The van der Waals surface area contributed by atoms with E-state index in [9.17, 15) is 19.2 Å². The average Bonchev–Trinajstić information content (AvgIpc) is 3.36. The number of esters is 2. The minimum Gasteiger partial charge on any atom is -0.465 e. The number of methoxy groups -OCH3 is 2. The van der Waals surface area contributed by atoms with Gasteiger partial charge in [0, 0.05) is 5.69 Å². The molecule has 0 atom stereocenters. The molecule has 2 aromatic carbocycles. The molecule has 2 heterocycles. The van der Waals surface area contributed by atoms with Gasteiger partial charge in [-0.2, -0.15) is 5.10 Å². The van der Waals surface area contributed by atoms with Crippen molar-refractivity contribution in [2.24, 2.45) is 0 Å². The molecule has 1 amide bonds. The second-order valence-corrected chi connectivity index (χ2v) is 8.06. The highest BCUT2D eigenvalue weighted by molar-refractivity contribution is 7.99. The van der Waals surface area contributed by atoms with Crippen molar-refractivity contribution in [3.05, 3.63) is 76.2 Å². The first-order valence-electron chi connectivity index (χ1n) is 10.2. The Morgan fingerprint density at radius 3 is 2.31 bits per heavy atom. The molecule has 4 rings (SSSR count). The van der Waals surface area contributed by atoms with Crippen molar-refractivity contribution in [2.75, 3.05) is 25.3 Å². The van der Waals surface area contributed by atoms with Gasteiger partial charge >= 0.3 is 11.9 Å². The number of carbonyl (C=O) groups is 3.